The fourth-order valence-electron chi connectivity index (χ4n) is 2.73. The monoisotopic (exact) mass is 154 g/mol. The topological polar surface area (TPSA) is 15.3 Å². The average molecular weight is 154 g/mol. The maximum absolute atomic E-state index is 3.65. The first-order valence-corrected chi connectivity index (χ1v) is 4.60. The van der Waals surface area contributed by atoms with E-state index in [2.05, 4.69) is 24.3 Å². The number of piperidine rings is 2. The molecule has 0 amide bonds. The highest BCUT2D eigenvalue weighted by Crippen LogP contribution is 2.43. The normalized spacial score (nSPS) is 42.3. The second-order valence-electron chi connectivity index (χ2n) is 4.51. The highest BCUT2D eigenvalue weighted by atomic mass is 15.1. The van der Waals surface area contributed by atoms with Gasteiger partial charge in [-0.2, -0.15) is 0 Å². The Morgan fingerprint density at radius 1 is 1.45 bits per heavy atom. The van der Waals surface area contributed by atoms with Crippen LogP contribution in [-0.2, 0) is 0 Å². The SMILES string of the molecule is CN(C)CC12CC(CCN1)C2. The second-order valence-corrected chi connectivity index (χ2v) is 4.51. The van der Waals surface area contributed by atoms with Crippen LogP contribution in [0.4, 0.5) is 0 Å². The maximum atomic E-state index is 3.65. The zero-order valence-electron chi connectivity index (χ0n) is 7.56. The molecule has 3 fully saturated rings. The average Bonchev–Trinajstić information content (AvgIpc) is 1.84. The summed E-state index contributed by atoms with van der Waals surface area (Å²) >= 11 is 0. The van der Waals surface area contributed by atoms with Crippen LogP contribution in [0.1, 0.15) is 19.3 Å². The van der Waals surface area contributed by atoms with Gasteiger partial charge in [-0.25, -0.2) is 0 Å². The van der Waals surface area contributed by atoms with Gasteiger partial charge in [-0.1, -0.05) is 0 Å². The van der Waals surface area contributed by atoms with Crippen LogP contribution in [-0.4, -0.2) is 37.6 Å². The van der Waals surface area contributed by atoms with E-state index in [0.29, 0.717) is 5.54 Å². The first-order valence-electron chi connectivity index (χ1n) is 4.60. The smallest absolute Gasteiger partial charge is 0.0313 e. The Morgan fingerprint density at radius 3 is 2.64 bits per heavy atom. The largest absolute Gasteiger partial charge is 0.310 e. The van der Waals surface area contributed by atoms with Crippen LogP contribution in [0.15, 0.2) is 0 Å². The van der Waals surface area contributed by atoms with Crippen molar-refractivity contribution in [2.75, 3.05) is 27.2 Å². The van der Waals surface area contributed by atoms with Crippen LogP contribution >= 0.6 is 0 Å². The van der Waals surface area contributed by atoms with Crippen LogP contribution in [0.5, 0.6) is 0 Å². The van der Waals surface area contributed by atoms with Gasteiger partial charge in [-0.05, 0) is 45.8 Å². The summed E-state index contributed by atoms with van der Waals surface area (Å²) in [6.45, 7) is 2.47. The van der Waals surface area contributed by atoms with E-state index in [0.717, 1.165) is 5.92 Å². The summed E-state index contributed by atoms with van der Waals surface area (Å²) in [5.74, 6) is 1.05. The minimum atomic E-state index is 0.520. The van der Waals surface area contributed by atoms with E-state index in [1.807, 2.05) is 0 Å². The molecular formula is C9H18N2. The number of likely N-dealkylation sites (N-methyl/N-ethyl adjacent to an activating group) is 1. The van der Waals surface area contributed by atoms with Crippen LogP contribution in [0, 0.1) is 5.92 Å². The lowest BCUT2D eigenvalue weighted by molar-refractivity contribution is 0.0310. The summed E-state index contributed by atoms with van der Waals surface area (Å²) in [6.07, 6.45) is 4.26. The molecule has 0 atom stereocenters. The summed E-state index contributed by atoms with van der Waals surface area (Å²) in [5, 5.41) is 3.65. The molecule has 0 radical (unpaired) electrons. The van der Waals surface area contributed by atoms with Gasteiger partial charge >= 0.3 is 0 Å². The molecule has 0 spiro atoms. The Labute approximate surface area is 69.0 Å². The molecule has 3 aliphatic rings. The summed E-state index contributed by atoms with van der Waals surface area (Å²) < 4.78 is 0. The Balaban J connectivity index is 1.91. The maximum Gasteiger partial charge on any atom is 0.0313 e. The minimum absolute atomic E-state index is 0.520. The molecule has 11 heavy (non-hydrogen) atoms. The van der Waals surface area contributed by atoms with Crippen molar-refractivity contribution < 1.29 is 0 Å². The first kappa shape index (κ1) is 7.56. The molecule has 64 valence electrons. The number of hydrogen-bond donors (Lipinski definition) is 1. The minimum Gasteiger partial charge on any atom is -0.310 e. The molecular weight excluding hydrogens is 136 g/mol. The molecule has 2 aliphatic heterocycles. The van der Waals surface area contributed by atoms with E-state index in [1.165, 1.54) is 32.4 Å². The van der Waals surface area contributed by atoms with Crippen LogP contribution in [0.25, 0.3) is 0 Å². The van der Waals surface area contributed by atoms with Gasteiger partial charge in [-0.15, -0.1) is 0 Å². The molecule has 2 heteroatoms. The predicted octanol–water partition coefficient (Wildman–Crippen LogP) is 0.690. The Morgan fingerprint density at radius 2 is 2.18 bits per heavy atom. The third kappa shape index (κ3) is 1.30. The Kier molecular flexibility index (Phi) is 1.69. The molecule has 2 nitrogen and oxygen atoms in total. The van der Waals surface area contributed by atoms with Crippen molar-refractivity contribution >= 4 is 0 Å². The van der Waals surface area contributed by atoms with E-state index >= 15 is 0 Å². The molecule has 1 N–H and O–H groups in total. The summed E-state index contributed by atoms with van der Waals surface area (Å²) in [7, 11) is 4.33. The van der Waals surface area contributed by atoms with Crippen LogP contribution < -0.4 is 5.32 Å². The first-order chi connectivity index (χ1) is 5.20. The third-order valence-corrected chi connectivity index (χ3v) is 3.03. The standard InChI is InChI=1S/C9H18N2/c1-11(2)7-9-5-8(6-9)3-4-10-9/h8,10H,3-7H2,1-2H3. The number of hydrogen-bond acceptors (Lipinski definition) is 2. The number of fused-ring (bicyclic) bond motifs is 2. The Hall–Kier alpha value is -0.0800. The van der Waals surface area contributed by atoms with Gasteiger partial charge in [0.1, 0.15) is 0 Å². The van der Waals surface area contributed by atoms with Gasteiger partial charge in [0, 0.05) is 12.1 Å². The molecule has 2 bridgehead atoms. The molecule has 1 saturated carbocycles. The van der Waals surface area contributed by atoms with E-state index in [-0.39, 0.29) is 0 Å². The lowest BCUT2D eigenvalue weighted by Gasteiger charge is -2.54. The highest BCUT2D eigenvalue weighted by molar-refractivity contribution is 5.05. The quantitative estimate of drug-likeness (QED) is 0.629. The van der Waals surface area contributed by atoms with Crippen molar-refractivity contribution in [3.63, 3.8) is 0 Å². The molecule has 1 aliphatic carbocycles. The molecule has 0 aromatic rings. The fourth-order valence-corrected chi connectivity index (χ4v) is 2.73. The Bertz CT molecular complexity index is 142. The predicted molar refractivity (Wildman–Crippen MR) is 46.6 cm³/mol. The molecule has 0 aromatic heterocycles. The van der Waals surface area contributed by atoms with Gasteiger partial charge in [0.05, 0.1) is 0 Å². The molecule has 2 heterocycles. The van der Waals surface area contributed by atoms with Crippen molar-refractivity contribution in [3.05, 3.63) is 0 Å². The molecule has 3 rings (SSSR count). The van der Waals surface area contributed by atoms with Gasteiger partial charge < -0.3 is 10.2 Å². The van der Waals surface area contributed by atoms with Crippen LogP contribution in [0.2, 0.25) is 0 Å². The summed E-state index contributed by atoms with van der Waals surface area (Å²) in [4.78, 5) is 2.30. The molecule has 2 saturated heterocycles. The van der Waals surface area contributed by atoms with Gasteiger partial charge in [0.25, 0.3) is 0 Å². The molecule has 0 aromatic carbocycles. The second kappa shape index (κ2) is 2.46. The van der Waals surface area contributed by atoms with E-state index in [9.17, 15) is 0 Å². The number of rotatable bonds is 2. The summed E-state index contributed by atoms with van der Waals surface area (Å²) in [5.41, 5.74) is 0.520. The van der Waals surface area contributed by atoms with E-state index < -0.39 is 0 Å². The van der Waals surface area contributed by atoms with E-state index in [1.54, 1.807) is 0 Å². The lowest BCUT2D eigenvalue weighted by Crippen LogP contribution is -2.64. The zero-order chi connectivity index (χ0) is 7.90. The fraction of sp³-hybridized carbons (Fsp3) is 1.00. The molecule has 0 unspecified atom stereocenters. The number of nitrogens with one attached hydrogen (secondary N) is 1. The van der Waals surface area contributed by atoms with Crippen LogP contribution in [0.3, 0.4) is 0 Å². The van der Waals surface area contributed by atoms with E-state index in [4.69, 9.17) is 0 Å². The third-order valence-electron chi connectivity index (χ3n) is 3.03. The van der Waals surface area contributed by atoms with Crippen molar-refractivity contribution in [2.24, 2.45) is 5.92 Å². The number of nitrogens with zero attached hydrogens (tertiary/aromatic N) is 1. The highest BCUT2D eigenvalue weighted by Gasteiger charge is 2.46. The van der Waals surface area contributed by atoms with Gasteiger partial charge in [0.15, 0.2) is 0 Å². The van der Waals surface area contributed by atoms with Crippen molar-refractivity contribution in [3.8, 4) is 0 Å². The zero-order valence-corrected chi connectivity index (χ0v) is 7.56. The van der Waals surface area contributed by atoms with Gasteiger partial charge in [0.2, 0.25) is 0 Å². The van der Waals surface area contributed by atoms with Gasteiger partial charge in [-0.3, -0.25) is 0 Å². The summed E-state index contributed by atoms with van der Waals surface area (Å²) in [6, 6.07) is 0. The lowest BCUT2D eigenvalue weighted by atomic mass is 9.64. The van der Waals surface area contributed by atoms with Crippen molar-refractivity contribution in [1.82, 2.24) is 10.2 Å². The van der Waals surface area contributed by atoms with Crippen molar-refractivity contribution in [1.29, 1.82) is 0 Å². The van der Waals surface area contributed by atoms with Crippen molar-refractivity contribution in [2.45, 2.75) is 24.8 Å².